The number of carbonyl (C=O) groups excluding carboxylic acids is 1. The summed E-state index contributed by atoms with van der Waals surface area (Å²) in [5.41, 5.74) is 0.712. The number of esters is 1. The number of ether oxygens (including phenoxy) is 1. The first-order valence-electron chi connectivity index (χ1n) is 7.31. The van der Waals surface area contributed by atoms with Crippen molar-refractivity contribution >= 4 is 22.9 Å². The molecule has 0 spiro atoms. The molecule has 120 valence electrons. The molecule has 0 aliphatic heterocycles. The average molecular weight is 315 g/mol. The molecule has 3 heterocycles. The maximum Gasteiger partial charge on any atom is 0.342 e. The minimum absolute atomic E-state index is 0.285. The molecule has 1 N–H and O–H groups in total. The Hall–Kier alpha value is -2.83. The summed E-state index contributed by atoms with van der Waals surface area (Å²) in [6, 6.07) is 3.66. The number of nitrogens with one attached hydrogen (secondary N) is 1. The summed E-state index contributed by atoms with van der Waals surface area (Å²) in [5.74, 6) is 1.83. The van der Waals surface area contributed by atoms with Crippen LogP contribution in [0.4, 0.5) is 5.82 Å². The van der Waals surface area contributed by atoms with E-state index in [4.69, 9.17) is 13.6 Å². The van der Waals surface area contributed by atoms with E-state index in [-0.39, 0.29) is 6.61 Å². The molecule has 3 rings (SSSR count). The Morgan fingerprint density at radius 1 is 1.35 bits per heavy atom. The van der Waals surface area contributed by atoms with E-state index < -0.39 is 5.97 Å². The standard InChI is InChI=1S/C16H17N3O4/c1-4-21-16(20)12-9(2)23-15-13(12)14(18-10(3)19-15)17-8-11-6-5-7-22-11/h5-7H,4,8H2,1-3H3,(H,17,18,19). The van der Waals surface area contributed by atoms with Crippen LogP contribution in [0.2, 0.25) is 0 Å². The number of hydrogen-bond acceptors (Lipinski definition) is 7. The molecule has 0 aromatic carbocycles. The molecule has 0 amide bonds. The zero-order chi connectivity index (χ0) is 16.4. The molecule has 7 nitrogen and oxygen atoms in total. The number of aromatic nitrogens is 2. The Bertz CT molecular complexity index is 837. The third-order valence-electron chi connectivity index (χ3n) is 3.33. The second-order valence-corrected chi connectivity index (χ2v) is 4.99. The van der Waals surface area contributed by atoms with Gasteiger partial charge in [0.2, 0.25) is 5.71 Å². The fraction of sp³-hybridized carbons (Fsp3) is 0.312. The van der Waals surface area contributed by atoms with Crippen molar-refractivity contribution in [3.63, 3.8) is 0 Å². The van der Waals surface area contributed by atoms with E-state index in [1.807, 2.05) is 12.1 Å². The lowest BCUT2D eigenvalue weighted by Gasteiger charge is -2.07. The molecule has 0 atom stereocenters. The van der Waals surface area contributed by atoms with Crippen molar-refractivity contribution in [2.45, 2.75) is 27.3 Å². The Morgan fingerprint density at radius 2 is 2.17 bits per heavy atom. The van der Waals surface area contributed by atoms with Gasteiger partial charge in [-0.05, 0) is 32.9 Å². The summed E-state index contributed by atoms with van der Waals surface area (Å²) in [6.45, 7) is 5.95. The third kappa shape index (κ3) is 2.90. The molecule has 0 radical (unpaired) electrons. The highest BCUT2D eigenvalue weighted by atomic mass is 16.5. The molecule has 0 saturated carbocycles. The number of carbonyl (C=O) groups is 1. The highest BCUT2D eigenvalue weighted by molar-refractivity contribution is 6.07. The van der Waals surface area contributed by atoms with Crippen molar-refractivity contribution in [2.24, 2.45) is 0 Å². The normalized spacial score (nSPS) is 10.9. The number of hydrogen-bond donors (Lipinski definition) is 1. The van der Waals surface area contributed by atoms with Gasteiger partial charge in [0.1, 0.15) is 28.7 Å². The fourth-order valence-corrected chi connectivity index (χ4v) is 2.38. The molecule has 7 heteroatoms. The fourth-order valence-electron chi connectivity index (χ4n) is 2.38. The van der Waals surface area contributed by atoms with Gasteiger partial charge in [-0.15, -0.1) is 0 Å². The average Bonchev–Trinajstić information content (AvgIpc) is 3.11. The first kappa shape index (κ1) is 15.1. The smallest absolute Gasteiger partial charge is 0.342 e. The minimum Gasteiger partial charge on any atom is -0.467 e. The molecule has 3 aromatic heterocycles. The summed E-state index contributed by atoms with van der Waals surface area (Å²) >= 11 is 0. The Balaban J connectivity index is 2.06. The zero-order valence-electron chi connectivity index (χ0n) is 13.2. The van der Waals surface area contributed by atoms with E-state index in [1.54, 1.807) is 27.0 Å². The van der Waals surface area contributed by atoms with Crippen LogP contribution in [0, 0.1) is 13.8 Å². The Morgan fingerprint density at radius 3 is 2.87 bits per heavy atom. The summed E-state index contributed by atoms with van der Waals surface area (Å²) < 4.78 is 16.0. The second kappa shape index (κ2) is 6.12. The van der Waals surface area contributed by atoms with Gasteiger partial charge in [0, 0.05) is 0 Å². The molecular weight excluding hydrogens is 298 g/mol. The van der Waals surface area contributed by atoms with Crippen molar-refractivity contribution in [1.29, 1.82) is 0 Å². The van der Waals surface area contributed by atoms with Crippen molar-refractivity contribution < 1.29 is 18.4 Å². The molecular formula is C16H17N3O4. The zero-order valence-corrected chi connectivity index (χ0v) is 13.2. The maximum atomic E-state index is 12.2. The summed E-state index contributed by atoms with van der Waals surface area (Å²) in [7, 11) is 0. The third-order valence-corrected chi connectivity index (χ3v) is 3.33. The van der Waals surface area contributed by atoms with E-state index >= 15 is 0 Å². The maximum absolute atomic E-state index is 12.2. The Labute approximate surface area is 132 Å². The quantitative estimate of drug-likeness (QED) is 0.723. The SMILES string of the molecule is CCOC(=O)c1c(C)oc2nc(C)nc(NCc3ccco3)c12. The summed E-state index contributed by atoms with van der Waals surface area (Å²) in [4.78, 5) is 20.9. The van der Waals surface area contributed by atoms with Crippen LogP contribution in [0.5, 0.6) is 0 Å². The van der Waals surface area contributed by atoms with Gasteiger partial charge in [0.05, 0.1) is 24.8 Å². The monoisotopic (exact) mass is 315 g/mol. The van der Waals surface area contributed by atoms with E-state index in [9.17, 15) is 4.79 Å². The van der Waals surface area contributed by atoms with Crippen molar-refractivity contribution in [3.8, 4) is 0 Å². The number of fused-ring (bicyclic) bond motifs is 1. The van der Waals surface area contributed by atoms with Gasteiger partial charge in [-0.1, -0.05) is 0 Å². The van der Waals surface area contributed by atoms with Crippen LogP contribution in [-0.4, -0.2) is 22.5 Å². The van der Waals surface area contributed by atoms with Crippen molar-refractivity contribution in [1.82, 2.24) is 9.97 Å². The first-order chi connectivity index (χ1) is 11.1. The summed E-state index contributed by atoms with van der Waals surface area (Å²) in [6.07, 6.45) is 1.60. The lowest BCUT2D eigenvalue weighted by molar-refractivity contribution is 0.0526. The summed E-state index contributed by atoms with van der Waals surface area (Å²) in [5, 5.41) is 3.69. The van der Waals surface area contributed by atoms with Gasteiger partial charge in [-0.25, -0.2) is 9.78 Å². The van der Waals surface area contributed by atoms with Crippen LogP contribution in [0.3, 0.4) is 0 Å². The molecule has 23 heavy (non-hydrogen) atoms. The van der Waals surface area contributed by atoms with Gasteiger partial charge < -0.3 is 18.9 Å². The molecule has 0 fully saturated rings. The predicted octanol–water partition coefficient (Wildman–Crippen LogP) is 3.22. The highest BCUT2D eigenvalue weighted by Crippen LogP contribution is 2.30. The number of anilines is 1. The molecule has 0 aliphatic rings. The number of furan rings is 2. The van der Waals surface area contributed by atoms with Crippen LogP contribution >= 0.6 is 0 Å². The number of rotatable bonds is 5. The van der Waals surface area contributed by atoms with Gasteiger partial charge in [-0.3, -0.25) is 0 Å². The lowest BCUT2D eigenvalue weighted by atomic mass is 10.2. The van der Waals surface area contributed by atoms with Gasteiger partial charge in [0.25, 0.3) is 0 Å². The minimum atomic E-state index is -0.447. The van der Waals surface area contributed by atoms with E-state index in [0.29, 0.717) is 40.6 Å². The predicted molar refractivity (Wildman–Crippen MR) is 83.3 cm³/mol. The largest absolute Gasteiger partial charge is 0.467 e. The molecule has 3 aromatic rings. The van der Waals surface area contributed by atoms with Crippen molar-refractivity contribution in [2.75, 3.05) is 11.9 Å². The van der Waals surface area contributed by atoms with Crippen molar-refractivity contribution in [3.05, 3.63) is 41.3 Å². The lowest BCUT2D eigenvalue weighted by Crippen LogP contribution is -2.08. The van der Waals surface area contributed by atoms with Gasteiger partial charge in [-0.2, -0.15) is 4.98 Å². The van der Waals surface area contributed by atoms with Crippen LogP contribution in [0.1, 0.15) is 34.6 Å². The van der Waals surface area contributed by atoms with Crippen LogP contribution in [0.25, 0.3) is 11.1 Å². The number of nitrogens with zero attached hydrogens (tertiary/aromatic N) is 2. The highest BCUT2D eigenvalue weighted by Gasteiger charge is 2.24. The topological polar surface area (TPSA) is 90.4 Å². The van der Waals surface area contributed by atoms with E-state index in [0.717, 1.165) is 5.76 Å². The van der Waals surface area contributed by atoms with E-state index in [2.05, 4.69) is 15.3 Å². The first-order valence-corrected chi connectivity index (χ1v) is 7.31. The molecule has 0 aliphatic carbocycles. The Kier molecular flexibility index (Phi) is 4.01. The molecule has 0 saturated heterocycles. The molecule has 0 bridgehead atoms. The van der Waals surface area contributed by atoms with Crippen LogP contribution < -0.4 is 5.32 Å². The number of aryl methyl sites for hydroxylation is 2. The van der Waals surface area contributed by atoms with Gasteiger partial charge in [0.15, 0.2) is 0 Å². The second-order valence-electron chi connectivity index (χ2n) is 4.99. The van der Waals surface area contributed by atoms with E-state index in [1.165, 1.54) is 0 Å². The van der Waals surface area contributed by atoms with Gasteiger partial charge >= 0.3 is 5.97 Å². The van der Waals surface area contributed by atoms with Crippen LogP contribution in [-0.2, 0) is 11.3 Å². The molecule has 0 unspecified atom stereocenters. The van der Waals surface area contributed by atoms with Crippen LogP contribution in [0.15, 0.2) is 27.2 Å².